The van der Waals surface area contributed by atoms with E-state index < -0.39 is 15.6 Å². The Balaban J connectivity index is 1.50. The van der Waals surface area contributed by atoms with Gasteiger partial charge in [0.05, 0.1) is 33.6 Å². The Bertz CT molecular complexity index is 1400. The van der Waals surface area contributed by atoms with E-state index in [1.807, 2.05) is 0 Å². The Morgan fingerprint density at radius 2 is 1.94 bits per heavy atom. The largest absolute Gasteiger partial charge is 0.342 e. The highest BCUT2D eigenvalue weighted by molar-refractivity contribution is 7.92. The molecule has 164 valence electrons. The monoisotopic (exact) mass is 488 g/mol. The highest BCUT2D eigenvalue weighted by Gasteiger charge is 2.51. The average molecular weight is 489 g/mol. The fraction of sp³-hybridized carbons (Fsp3) is 0.190. The summed E-state index contributed by atoms with van der Waals surface area (Å²) in [6.45, 7) is 0. The van der Waals surface area contributed by atoms with E-state index in [1.54, 1.807) is 24.4 Å². The van der Waals surface area contributed by atoms with Gasteiger partial charge in [0.2, 0.25) is 10.0 Å². The number of amides is 2. The number of nitrogens with zero attached hydrogens (tertiary/aromatic N) is 1. The van der Waals surface area contributed by atoms with Gasteiger partial charge in [0.15, 0.2) is 0 Å². The summed E-state index contributed by atoms with van der Waals surface area (Å²) in [7, 11) is -3.50. The molecule has 32 heavy (non-hydrogen) atoms. The van der Waals surface area contributed by atoms with Crippen LogP contribution in [-0.2, 0) is 15.6 Å². The molecule has 2 aliphatic rings. The third kappa shape index (κ3) is 3.85. The van der Waals surface area contributed by atoms with Gasteiger partial charge in [-0.2, -0.15) is 0 Å². The van der Waals surface area contributed by atoms with Gasteiger partial charge in [0.25, 0.3) is 11.8 Å². The number of nitrogens with one attached hydrogen (secondary N) is 3. The minimum Gasteiger partial charge on any atom is -0.342 e. The first-order valence-electron chi connectivity index (χ1n) is 9.65. The maximum atomic E-state index is 13.0. The number of hydrogen-bond acceptors (Lipinski definition) is 6. The highest BCUT2D eigenvalue weighted by atomic mass is 35.5. The summed E-state index contributed by atoms with van der Waals surface area (Å²) in [6, 6.07) is 9.66. The molecule has 3 aromatic rings. The number of benzene rings is 1. The molecular weight excluding hydrogens is 472 g/mol. The zero-order valence-electron chi connectivity index (χ0n) is 16.7. The minimum atomic E-state index is -3.50. The number of halogens is 1. The number of thiophene rings is 1. The second-order valence-corrected chi connectivity index (χ2v) is 11.1. The van der Waals surface area contributed by atoms with Crippen molar-refractivity contribution in [1.29, 1.82) is 0 Å². The van der Waals surface area contributed by atoms with Crippen molar-refractivity contribution in [1.82, 2.24) is 10.3 Å². The summed E-state index contributed by atoms with van der Waals surface area (Å²) in [6.07, 6.45) is 4.26. The Hall–Kier alpha value is -2.95. The molecule has 2 aromatic heterocycles. The van der Waals surface area contributed by atoms with Gasteiger partial charge in [-0.05, 0) is 49.2 Å². The molecule has 11 heteroatoms. The quantitative estimate of drug-likeness (QED) is 0.516. The minimum absolute atomic E-state index is 0.162. The van der Waals surface area contributed by atoms with Crippen LogP contribution in [0.15, 0.2) is 42.6 Å². The van der Waals surface area contributed by atoms with Crippen molar-refractivity contribution in [2.45, 2.75) is 18.4 Å². The maximum Gasteiger partial charge on any atom is 0.265 e. The van der Waals surface area contributed by atoms with Crippen LogP contribution in [0.2, 0.25) is 5.02 Å². The first kappa shape index (κ1) is 20.9. The first-order chi connectivity index (χ1) is 15.1. The van der Waals surface area contributed by atoms with Gasteiger partial charge < -0.3 is 10.6 Å². The van der Waals surface area contributed by atoms with Crippen molar-refractivity contribution >= 4 is 56.2 Å². The van der Waals surface area contributed by atoms with Gasteiger partial charge in [-0.25, -0.2) is 8.42 Å². The van der Waals surface area contributed by atoms with Gasteiger partial charge in [-0.15, -0.1) is 11.3 Å². The van der Waals surface area contributed by atoms with Crippen LogP contribution in [0.25, 0.3) is 11.3 Å². The molecule has 3 N–H and O–H groups in total. The first-order valence-corrected chi connectivity index (χ1v) is 12.7. The number of rotatable bonds is 4. The molecule has 5 rings (SSSR count). The van der Waals surface area contributed by atoms with Crippen LogP contribution in [0, 0.1) is 0 Å². The summed E-state index contributed by atoms with van der Waals surface area (Å²) >= 11 is 7.41. The van der Waals surface area contributed by atoms with E-state index in [1.165, 1.54) is 29.5 Å². The lowest BCUT2D eigenvalue weighted by molar-refractivity contribution is 0.0933. The number of carbonyl (C=O) groups excluding carboxylic acids is 2. The van der Waals surface area contributed by atoms with Gasteiger partial charge >= 0.3 is 0 Å². The maximum absolute atomic E-state index is 13.0. The van der Waals surface area contributed by atoms with E-state index in [2.05, 4.69) is 20.3 Å². The second-order valence-electron chi connectivity index (χ2n) is 7.85. The molecule has 0 radical (unpaired) electrons. The number of carbonyl (C=O) groups is 2. The number of hydrogen-bond donors (Lipinski definition) is 3. The molecule has 1 aromatic carbocycles. The van der Waals surface area contributed by atoms with E-state index in [0.717, 1.165) is 29.5 Å². The van der Waals surface area contributed by atoms with Gasteiger partial charge in [-0.1, -0.05) is 11.6 Å². The Morgan fingerprint density at radius 3 is 2.66 bits per heavy atom. The van der Waals surface area contributed by atoms with E-state index in [4.69, 9.17) is 11.6 Å². The van der Waals surface area contributed by atoms with Gasteiger partial charge in [0.1, 0.15) is 0 Å². The number of aromatic nitrogens is 1. The van der Waals surface area contributed by atoms with Crippen molar-refractivity contribution < 1.29 is 18.0 Å². The zero-order chi connectivity index (χ0) is 22.7. The van der Waals surface area contributed by atoms with E-state index >= 15 is 0 Å². The summed E-state index contributed by atoms with van der Waals surface area (Å²) < 4.78 is 25.4. The summed E-state index contributed by atoms with van der Waals surface area (Å²) in [5.74, 6) is -0.528. The van der Waals surface area contributed by atoms with Crippen LogP contribution >= 0.6 is 22.9 Å². The van der Waals surface area contributed by atoms with Crippen LogP contribution in [0.3, 0.4) is 0 Å². The second kappa shape index (κ2) is 7.29. The number of pyridine rings is 1. The van der Waals surface area contributed by atoms with Crippen LogP contribution in [-0.4, -0.2) is 31.5 Å². The Labute approximate surface area is 193 Å². The smallest absolute Gasteiger partial charge is 0.265 e. The fourth-order valence-electron chi connectivity index (χ4n) is 3.78. The molecule has 2 amide bonds. The average Bonchev–Trinajstić information content (AvgIpc) is 3.34. The third-order valence-corrected chi connectivity index (χ3v) is 7.42. The van der Waals surface area contributed by atoms with E-state index in [0.29, 0.717) is 21.8 Å². The van der Waals surface area contributed by atoms with Crippen molar-refractivity contribution in [3.05, 3.63) is 62.9 Å². The molecule has 0 bridgehead atoms. The predicted molar refractivity (Wildman–Crippen MR) is 124 cm³/mol. The molecule has 1 fully saturated rings. The number of fused-ring (bicyclic) bond motifs is 4. The summed E-state index contributed by atoms with van der Waals surface area (Å²) in [4.78, 5) is 31.5. The van der Waals surface area contributed by atoms with Crippen molar-refractivity contribution in [3.63, 3.8) is 0 Å². The standard InChI is InChI=1S/C21H17ClN4O4S2/c1-32(29,30)26-13-8-11(22)7-12(9-13)24-20(28)16-10-15-17-14(3-2-6-23-17)19(27)25-21(4-5-21)18(15)31-16/h2-3,6-10,26H,4-5H2,1H3,(H,24,28)(H,25,27). The molecule has 0 saturated heterocycles. The van der Waals surface area contributed by atoms with E-state index in [-0.39, 0.29) is 22.5 Å². The number of sulfonamides is 1. The summed E-state index contributed by atoms with van der Waals surface area (Å²) in [5, 5.41) is 6.14. The van der Waals surface area contributed by atoms with Crippen LogP contribution in [0.4, 0.5) is 11.4 Å². The van der Waals surface area contributed by atoms with Crippen molar-refractivity contribution in [2.24, 2.45) is 0 Å². The Morgan fingerprint density at radius 1 is 1.19 bits per heavy atom. The summed E-state index contributed by atoms with van der Waals surface area (Å²) in [5.41, 5.74) is 1.95. The van der Waals surface area contributed by atoms with Crippen LogP contribution in [0.5, 0.6) is 0 Å². The van der Waals surface area contributed by atoms with Gasteiger partial charge in [0, 0.05) is 27.3 Å². The lowest BCUT2D eigenvalue weighted by atomic mass is 10.0. The van der Waals surface area contributed by atoms with Crippen molar-refractivity contribution in [3.8, 4) is 11.3 Å². The predicted octanol–water partition coefficient (Wildman–Crippen LogP) is 3.82. The lowest BCUT2D eigenvalue weighted by Crippen LogP contribution is -2.33. The highest BCUT2D eigenvalue weighted by Crippen LogP contribution is 2.54. The third-order valence-electron chi connectivity index (χ3n) is 5.26. The number of anilines is 2. The zero-order valence-corrected chi connectivity index (χ0v) is 19.1. The molecule has 0 unspecified atom stereocenters. The molecule has 3 heterocycles. The molecule has 1 aliphatic heterocycles. The van der Waals surface area contributed by atoms with Crippen molar-refractivity contribution in [2.75, 3.05) is 16.3 Å². The van der Waals surface area contributed by atoms with E-state index in [9.17, 15) is 18.0 Å². The van der Waals surface area contributed by atoms with Crippen LogP contribution < -0.4 is 15.4 Å². The topological polar surface area (TPSA) is 117 Å². The molecule has 8 nitrogen and oxygen atoms in total. The molecule has 1 aliphatic carbocycles. The normalized spacial score (nSPS) is 15.9. The molecule has 1 saturated carbocycles. The fourth-order valence-corrected chi connectivity index (χ4v) is 5.82. The van der Waals surface area contributed by atoms with Gasteiger partial charge in [-0.3, -0.25) is 19.3 Å². The molecule has 1 spiro atoms. The van der Waals surface area contributed by atoms with Crippen LogP contribution in [0.1, 0.15) is 37.7 Å². The Kier molecular flexibility index (Phi) is 4.77. The molecular formula is C21H17ClN4O4S2. The lowest BCUT2D eigenvalue weighted by Gasteiger charge is -2.13. The molecule has 0 atom stereocenters. The SMILES string of the molecule is CS(=O)(=O)Nc1cc(Cl)cc(NC(=O)c2cc3c(s2)C2(CC2)NC(=O)c2cccnc2-3)c1.